The lowest BCUT2D eigenvalue weighted by atomic mass is 9.97. The largest absolute Gasteiger partial charge is 0.481 e. The van der Waals surface area contributed by atoms with E-state index in [0.717, 1.165) is 11.3 Å². The third-order valence-corrected chi connectivity index (χ3v) is 4.34. The maximum absolute atomic E-state index is 12.7. The van der Waals surface area contributed by atoms with Gasteiger partial charge in [-0.2, -0.15) is 0 Å². The van der Waals surface area contributed by atoms with E-state index in [1.807, 2.05) is 24.3 Å². The Bertz CT molecular complexity index is 575. The molecule has 21 heavy (non-hydrogen) atoms. The fourth-order valence-corrected chi connectivity index (χ4v) is 3.07. The third kappa shape index (κ3) is 2.35. The summed E-state index contributed by atoms with van der Waals surface area (Å²) in [4.78, 5) is 25.5. The van der Waals surface area contributed by atoms with Gasteiger partial charge in [-0.05, 0) is 11.6 Å². The number of para-hydroxylation sites is 1. The molecule has 3 rings (SSSR count). The van der Waals surface area contributed by atoms with Crippen LogP contribution in [-0.2, 0) is 14.3 Å². The van der Waals surface area contributed by atoms with Gasteiger partial charge in [-0.3, -0.25) is 9.59 Å². The highest BCUT2D eigenvalue weighted by Crippen LogP contribution is 2.33. The molecule has 3 atom stereocenters. The van der Waals surface area contributed by atoms with Crippen LogP contribution in [0.2, 0.25) is 0 Å². The van der Waals surface area contributed by atoms with Crippen molar-refractivity contribution in [3.63, 3.8) is 0 Å². The number of fused-ring (bicyclic) bond motifs is 1. The van der Waals surface area contributed by atoms with Crippen molar-refractivity contribution in [3.8, 4) is 0 Å². The first-order valence-corrected chi connectivity index (χ1v) is 6.99. The highest BCUT2D eigenvalue weighted by Gasteiger charge is 2.41. The van der Waals surface area contributed by atoms with Crippen molar-refractivity contribution in [2.24, 2.45) is 5.92 Å². The highest BCUT2D eigenvalue weighted by atomic mass is 16.5. The zero-order chi connectivity index (χ0) is 15.0. The number of anilines is 1. The topological polar surface area (TPSA) is 78.9 Å². The number of carboxylic acids is 1. The molecule has 1 aromatic rings. The van der Waals surface area contributed by atoms with Crippen LogP contribution in [0.1, 0.15) is 11.5 Å². The Balaban J connectivity index is 1.78. The van der Waals surface area contributed by atoms with Crippen molar-refractivity contribution in [2.45, 2.75) is 12.0 Å². The van der Waals surface area contributed by atoms with E-state index >= 15 is 0 Å². The predicted octanol–water partition coefficient (Wildman–Crippen LogP) is 0.754. The number of ether oxygens (including phenoxy) is 1. The van der Waals surface area contributed by atoms with Crippen molar-refractivity contribution < 1.29 is 19.4 Å². The number of carbonyl (C=O) groups excluding carboxylic acids is 1. The summed E-state index contributed by atoms with van der Waals surface area (Å²) in [5.41, 5.74) is 1.95. The van der Waals surface area contributed by atoms with Gasteiger partial charge < -0.3 is 20.1 Å². The van der Waals surface area contributed by atoms with Crippen LogP contribution >= 0.6 is 0 Å². The molecule has 0 saturated carbocycles. The number of rotatable bonds is 3. The monoisotopic (exact) mass is 290 g/mol. The molecule has 112 valence electrons. The summed E-state index contributed by atoms with van der Waals surface area (Å²) < 4.78 is 5.24. The summed E-state index contributed by atoms with van der Waals surface area (Å²) >= 11 is 0. The van der Waals surface area contributed by atoms with E-state index < -0.39 is 17.9 Å². The number of likely N-dealkylation sites (N-methyl/N-ethyl adjacent to an activating group) is 1. The van der Waals surface area contributed by atoms with E-state index in [1.165, 1.54) is 0 Å². The van der Waals surface area contributed by atoms with Crippen LogP contribution in [0.3, 0.4) is 0 Å². The first-order valence-electron chi connectivity index (χ1n) is 6.99. The standard InChI is InChI=1S/C15H18N2O4/c1-17(13-8-21-7-11(13)15(19)20)14(18)10-6-16-12-5-3-2-4-9(10)12/h2-5,10-11,13,16H,6-8H2,1H3,(H,19,20). The van der Waals surface area contributed by atoms with E-state index in [0.29, 0.717) is 6.54 Å². The summed E-state index contributed by atoms with van der Waals surface area (Å²) in [6, 6.07) is 7.31. The Labute approximate surface area is 122 Å². The number of carboxylic acid groups (broad SMARTS) is 1. The predicted molar refractivity (Wildman–Crippen MR) is 76.2 cm³/mol. The first-order chi connectivity index (χ1) is 10.1. The Kier molecular flexibility index (Phi) is 3.55. The molecule has 1 amide bonds. The molecular weight excluding hydrogens is 272 g/mol. The molecule has 2 N–H and O–H groups in total. The summed E-state index contributed by atoms with van der Waals surface area (Å²) in [6.07, 6.45) is 0. The van der Waals surface area contributed by atoms with Gasteiger partial charge >= 0.3 is 5.97 Å². The van der Waals surface area contributed by atoms with Crippen LogP contribution in [0.25, 0.3) is 0 Å². The molecule has 0 aliphatic carbocycles. The van der Waals surface area contributed by atoms with Gasteiger partial charge in [0.15, 0.2) is 0 Å². The second-order valence-corrected chi connectivity index (χ2v) is 5.52. The summed E-state index contributed by atoms with van der Waals surface area (Å²) in [5.74, 6) is -1.89. The second-order valence-electron chi connectivity index (χ2n) is 5.52. The van der Waals surface area contributed by atoms with Crippen molar-refractivity contribution in [1.29, 1.82) is 0 Å². The summed E-state index contributed by atoms with van der Waals surface area (Å²) in [6.45, 7) is 0.992. The fraction of sp³-hybridized carbons (Fsp3) is 0.467. The molecule has 0 bridgehead atoms. The Morgan fingerprint density at radius 3 is 2.86 bits per heavy atom. The molecule has 6 nitrogen and oxygen atoms in total. The van der Waals surface area contributed by atoms with E-state index in [4.69, 9.17) is 4.74 Å². The number of hydrogen-bond acceptors (Lipinski definition) is 4. The zero-order valence-electron chi connectivity index (χ0n) is 11.8. The Morgan fingerprint density at radius 2 is 2.10 bits per heavy atom. The van der Waals surface area contributed by atoms with Crippen LogP contribution in [0.4, 0.5) is 5.69 Å². The van der Waals surface area contributed by atoms with Gasteiger partial charge in [0.25, 0.3) is 0 Å². The van der Waals surface area contributed by atoms with Gasteiger partial charge in [-0.15, -0.1) is 0 Å². The van der Waals surface area contributed by atoms with Crippen LogP contribution in [-0.4, -0.2) is 54.7 Å². The number of carbonyl (C=O) groups is 2. The van der Waals surface area contributed by atoms with Gasteiger partial charge in [-0.25, -0.2) is 0 Å². The minimum absolute atomic E-state index is 0.0609. The lowest BCUT2D eigenvalue weighted by Gasteiger charge is -2.28. The van der Waals surface area contributed by atoms with Crippen molar-refractivity contribution in [2.75, 3.05) is 32.1 Å². The van der Waals surface area contributed by atoms with Gasteiger partial charge in [0, 0.05) is 19.3 Å². The molecule has 1 aromatic carbocycles. The number of benzene rings is 1. The summed E-state index contributed by atoms with van der Waals surface area (Å²) in [7, 11) is 1.67. The lowest BCUT2D eigenvalue weighted by molar-refractivity contribution is -0.144. The molecule has 0 spiro atoms. The maximum Gasteiger partial charge on any atom is 0.311 e. The number of aliphatic carboxylic acids is 1. The molecule has 1 saturated heterocycles. The normalized spacial score (nSPS) is 27.0. The minimum Gasteiger partial charge on any atom is -0.481 e. The summed E-state index contributed by atoms with van der Waals surface area (Å²) in [5, 5.41) is 12.4. The van der Waals surface area contributed by atoms with Gasteiger partial charge in [0.2, 0.25) is 5.91 Å². The van der Waals surface area contributed by atoms with Gasteiger partial charge in [0.05, 0.1) is 25.2 Å². The van der Waals surface area contributed by atoms with Crippen LogP contribution in [0, 0.1) is 5.92 Å². The first kappa shape index (κ1) is 13.9. The molecule has 0 aromatic heterocycles. The van der Waals surface area contributed by atoms with Crippen LogP contribution < -0.4 is 5.32 Å². The average molecular weight is 290 g/mol. The molecule has 0 radical (unpaired) electrons. The Hall–Kier alpha value is -2.08. The zero-order valence-corrected chi connectivity index (χ0v) is 11.8. The molecule has 2 heterocycles. The third-order valence-electron chi connectivity index (χ3n) is 4.34. The smallest absolute Gasteiger partial charge is 0.311 e. The maximum atomic E-state index is 12.7. The van der Waals surface area contributed by atoms with Crippen LogP contribution in [0.15, 0.2) is 24.3 Å². The van der Waals surface area contributed by atoms with Crippen molar-refractivity contribution in [1.82, 2.24) is 4.90 Å². The van der Waals surface area contributed by atoms with E-state index in [1.54, 1.807) is 11.9 Å². The SMILES string of the molecule is CN(C(=O)C1CNc2ccccc21)C1COCC1C(=O)O. The minimum atomic E-state index is -0.915. The highest BCUT2D eigenvalue weighted by molar-refractivity contribution is 5.88. The lowest BCUT2D eigenvalue weighted by Crippen LogP contribution is -2.46. The Morgan fingerprint density at radius 1 is 1.33 bits per heavy atom. The number of nitrogens with one attached hydrogen (secondary N) is 1. The van der Waals surface area contributed by atoms with Crippen molar-refractivity contribution in [3.05, 3.63) is 29.8 Å². The van der Waals surface area contributed by atoms with Crippen molar-refractivity contribution >= 4 is 17.6 Å². The number of nitrogens with zero attached hydrogens (tertiary/aromatic N) is 1. The van der Waals surface area contributed by atoms with Gasteiger partial charge in [-0.1, -0.05) is 18.2 Å². The van der Waals surface area contributed by atoms with Gasteiger partial charge in [0.1, 0.15) is 5.92 Å². The van der Waals surface area contributed by atoms with E-state index in [9.17, 15) is 14.7 Å². The van der Waals surface area contributed by atoms with E-state index in [2.05, 4.69) is 5.32 Å². The quantitative estimate of drug-likeness (QED) is 0.859. The molecular formula is C15H18N2O4. The van der Waals surface area contributed by atoms with Crippen LogP contribution in [0.5, 0.6) is 0 Å². The number of amides is 1. The molecule has 3 unspecified atom stereocenters. The molecule has 2 aliphatic rings. The molecule has 2 aliphatic heterocycles. The number of hydrogen-bond donors (Lipinski definition) is 2. The fourth-order valence-electron chi connectivity index (χ4n) is 3.07. The molecule has 6 heteroatoms. The average Bonchev–Trinajstić information content (AvgIpc) is 3.12. The van der Waals surface area contributed by atoms with E-state index in [-0.39, 0.29) is 25.0 Å². The second kappa shape index (κ2) is 5.37. The molecule has 1 fully saturated rings.